The summed E-state index contributed by atoms with van der Waals surface area (Å²) in [6, 6.07) is 5.59. The molecule has 0 saturated heterocycles. The van der Waals surface area contributed by atoms with Crippen molar-refractivity contribution in [1.82, 2.24) is 14.5 Å². The molecule has 1 heterocycles. The standard InChI is InChI=1S/C15H18FN5.HI/c1-20(12-3-4-12)15(17)19-9-11-2-5-14(13(16)8-11)21-7-6-18-10-21;/h2,5-8,10,12H,3-4,9H2,1H3,(H2,17,19);1H. The minimum Gasteiger partial charge on any atom is -0.370 e. The molecule has 0 radical (unpaired) electrons. The molecule has 1 aromatic heterocycles. The summed E-state index contributed by atoms with van der Waals surface area (Å²) in [6.07, 6.45) is 7.23. The van der Waals surface area contributed by atoms with E-state index < -0.39 is 0 Å². The first-order chi connectivity index (χ1) is 10.1. The van der Waals surface area contributed by atoms with Crippen LogP contribution in [-0.2, 0) is 6.54 Å². The summed E-state index contributed by atoms with van der Waals surface area (Å²) >= 11 is 0. The predicted molar refractivity (Wildman–Crippen MR) is 95.0 cm³/mol. The summed E-state index contributed by atoms with van der Waals surface area (Å²) in [5.74, 6) is 0.214. The zero-order valence-electron chi connectivity index (χ0n) is 12.3. The van der Waals surface area contributed by atoms with Crippen molar-refractivity contribution >= 4 is 29.9 Å². The van der Waals surface area contributed by atoms with Gasteiger partial charge in [-0.15, -0.1) is 24.0 Å². The molecule has 2 aromatic rings. The molecule has 0 amide bonds. The first-order valence-corrected chi connectivity index (χ1v) is 6.94. The molecule has 1 fully saturated rings. The Morgan fingerprint density at radius 2 is 2.27 bits per heavy atom. The summed E-state index contributed by atoms with van der Waals surface area (Å²) in [4.78, 5) is 10.2. The maximum atomic E-state index is 14.1. The molecule has 0 atom stereocenters. The van der Waals surface area contributed by atoms with Gasteiger partial charge in [0.15, 0.2) is 5.96 Å². The summed E-state index contributed by atoms with van der Waals surface area (Å²) < 4.78 is 15.7. The van der Waals surface area contributed by atoms with Crippen LogP contribution in [0, 0.1) is 5.82 Å². The molecule has 0 spiro atoms. The van der Waals surface area contributed by atoms with Gasteiger partial charge in [-0.1, -0.05) is 6.07 Å². The van der Waals surface area contributed by atoms with Crippen LogP contribution in [0.2, 0.25) is 0 Å². The van der Waals surface area contributed by atoms with Crippen LogP contribution in [0.3, 0.4) is 0 Å². The quantitative estimate of drug-likeness (QED) is 0.475. The molecular formula is C15H19FIN5. The first kappa shape index (κ1) is 16.7. The Morgan fingerprint density at radius 1 is 1.50 bits per heavy atom. The van der Waals surface area contributed by atoms with Crippen LogP contribution in [-0.4, -0.2) is 33.5 Å². The molecule has 7 heteroatoms. The third-order valence-electron chi connectivity index (χ3n) is 3.67. The summed E-state index contributed by atoms with van der Waals surface area (Å²) in [6.45, 7) is 0.379. The van der Waals surface area contributed by atoms with E-state index in [1.165, 1.54) is 18.9 Å². The zero-order valence-corrected chi connectivity index (χ0v) is 14.6. The number of rotatable bonds is 4. The monoisotopic (exact) mass is 415 g/mol. The lowest BCUT2D eigenvalue weighted by molar-refractivity contribution is 0.487. The highest BCUT2D eigenvalue weighted by molar-refractivity contribution is 14.0. The molecule has 2 N–H and O–H groups in total. The molecule has 0 bridgehead atoms. The lowest BCUT2D eigenvalue weighted by atomic mass is 10.2. The van der Waals surface area contributed by atoms with E-state index >= 15 is 0 Å². The largest absolute Gasteiger partial charge is 0.370 e. The molecule has 3 rings (SSSR count). The van der Waals surface area contributed by atoms with Gasteiger partial charge in [0, 0.05) is 25.5 Å². The van der Waals surface area contributed by atoms with Gasteiger partial charge in [-0.2, -0.15) is 0 Å². The molecule has 1 aliphatic carbocycles. The van der Waals surface area contributed by atoms with E-state index in [4.69, 9.17) is 5.73 Å². The molecule has 5 nitrogen and oxygen atoms in total. The maximum Gasteiger partial charge on any atom is 0.191 e. The summed E-state index contributed by atoms with van der Waals surface area (Å²) in [7, 11) is 1.94. The summed E-state index contributed by atoms with van der Waals surface area (Å²) in [5, 5.41) is 0. The average Bonchev–Trinajstić information content (AvgIpc) is 3.19. The molecule has 0 unspecified atom stereocenters. The minimum atomic E-state index is -0.296. The Morgan fingerprint density at radius 3 is 2.86 bits per heavy atom. The normalized spacial score (nSPS) is 14.5. The molecule has 1 aliphatic rings. The van der Waals surface area contributed by atoms with E-state index in [0.29, 0.717) is 24.2 Å². The number of imidazole rings is 1. The molecule has 1 aromatic carbocycles. The fraction of sp³-hybridized carbons (Fsp3) is 0.333. The Kier molecular flexibility index (Phi) is 5.38. The number of aliphatic imine (C=N–C) groups is 1. The van der Waals surface area contributed by atoms with E-state index in [-0.39, 0.29) is 29.8 Å². The van der Waals surface area contributed by atoms with Gasteiger partial charge in [0.1, 0.15) is 5.82 Å². The van der Waals surface area contributed by atoms with Crippen LogP contribution >= 0.6 is 24.0 Å². The van der Waals surface area contributed by atoms with Crippen molar-refractivity contribution in [2.24, 2.45) is 10.7 Å². The fourth-order valence-electron chi connectivity index (χ4n) is 2.19. The number of benzene rings is 1. The Labute approximate surface area is 146 Å². The average molecular weight is 415 g/mol. The summed E-state index contributed by atoms with van der Waals surface area (Å²) in [5.41, 5.74) is 7.19. The Hall–Kier alpha value is -1.64. The van der Waals surface area contributed by atoms with Gasteiger partial charge >= 0.3 is 0 Å². The Balaban J connectivity index is 0.00000176. The number of aromatic nitrogens is 2. The SMILES string of the molecule is CN(C(N)=NCc1ccc(-n2ccnc2)c(F)c1)C1CC1.I. The third kappa shape index (κ3) is 3.76. The van der Waals surface area contributed by atoms with Crippen molar-refractivity contribution in [3.05, 3.63) is 48.3 Å². The second-order valence-corrected chi connectivity index (χ2v) is 5.27. The van der Waals surface area contributed by atoms with Crippen molar-refractivity contribution < 1.29 is 4.39 Å². The van der Waals surface area contributed by atoms with Gasteiger partial charge < -0.3 is 15.2 Å². The first-order valence-electron chi connectivity index (χ1n) is 6.94. The maximum absolute atomic E-state index is 14.1. The number of guanidine groups is 1. The van der Waals surface area contributed by atoms with Crippen LogP contribution in [0.25, 0.3) is 5.69 Å². The van der Waals surface area contributed by atoms with Gasteiger partial charge in [0.2, 0.25) is 0 Å². The number of nitrogens with zero attached hydrogens (tertiary/aromatic N) is 4. The lowest BCUT2D eigenvalue weighted by Crippen LogP contribution is -2.35. The molecule has 118 valence electrons. The van der Waals surface area contributed by atoms with Crippen LogP contribution < -0.4 is 5.73 Å². The van der Waals surface area contributed by atoms with Crippen molar-refractivity contribution in [3.8, 4) is 5.69 Å². The second kappa shape index (κ2) is 7.08. The topological polar surface area (TPSA) is 59.4 Å². The van der Waals surface area contributed by atoms with Crippen LogP contribution in [0.4, 0.5) is 4.39 Å². The highest BCUT2D eigenvalue weighted by Gasteiger charge is 2.27. The van der Waals surface area contributed by atoms with E-state index in [0.717, 1.165) is 5.56 Å². The Bertz CT molecular complexity index is 652. The predicted octanol–water partition coefficient (Wildman–Crippen LogP) is 2.54. The van der Waals surface area contributed by atoms with Gasteiger partial charge in [-0.25, -0.2) is 14.4 Å². The highest BCUT2D eigenvalue weighted by Crippen LogP contribution is 2.25. The van der Waals surface area contributed by atoms with Gasteiger partial charge in [-0.05, 0) is 30.5 Å². The van der Waals surface area contributed by atoms with E-state index in [2.05, 4.69) is 9.98 Å². The van der Waals surface area contributed by atoms with Crippen LogP contribution in [0.15, 0.2) is 41.9 Å². The number of hydrogen-bond acceptors (Lipinski definition) is 2. The third-order valence-corrected chi connectivity index (χ3v) is 3.67. The van der Waals surface area contributed by atoms with E-state index in [1.54, 1.807) is 29.4 Å². The molecule has 22 heavy (non-hydrogen) atoms. The van der Waals surface area contributed by atoms with E-state index in [9.17, 15) is 4.39 Å². The highest BCUT2D eigenvalue weighted by atomic mass is 127. The lowest BCUT2D eigenvalue weighted by Gasteiger charge is -2.16. The van der Waals surface area contributed by atoms with Gasteiger partial charge in [0.05, 0.1) is 18.6 Å². The zero-order chi connectivity index (χ0) is 14.8. The van der Waals surface area contributed by atoms with Gasteiger partial charge in [-0.3, -0.25) is 0 Å². The molecule has 1 saturated carbocycles. The van der Waals surface area contributed by atoms with Crippen molar-refractivity contribution in [1.29, 1.82) is 0 Å². The number of hydrogen-bond donors (Lipinski definition) is 1. The molecule has 0 aliphatic heterocycles. The van der Waals surface area contributed by atoms with Gasteiger partial charge in [0.25, 0.3) is 0 Å². The smallest absolute Gasteiger partial charge is 0.191 e. The molecular weight excluding hydrogens is 396 g/mol. The van der Waals surface area contributed by atoms with Crippen molar-refractivity contribution in [2.45, 2.75) is 25.4 Å². The number of nitrogens with two attached hydrogens (primary N) is 1. The van der Waals surface area contributed by atoms with Crippen molar-refractivity contribution in [2.75, 3.05) is 7.05 Å². The fourth-order valence-corrected chi connectivity index (χ4v) is 2.19. The number of halogens is 2. The minimum absolute atomic E-state index is 0. The van der Waals surface area contributed by atoms with Crippen molar-refractivity contribution in [3.63, 3.8) is 0 Å². The van der Waals surface area contributed by atoms with Crippen LogP contribution in [0.1, 0.15) is 18.4 Å². The second-order valence-electron chi connectivity index (χ2n) is 5.27. The van der Waals surface area contributed by atoms with Crippen LogP contribution in [0.5, 0.6) is 0 Å². The van der Waals surface area contributed by atoms with E-state index in [1.807, 2.05) is 18.0 Å².